The molecule has 1 N–H and O–H groups in total. The Kier molecular flexibility index (Phi) is 3.47. The Labute approximate surface area is 108 Å². The third kappa shape index (κ3) is 2.21. The zero-order chi connectivity index (χ0) is 11.7. The van der Waals surface area contributed by atoms with E-state index in [-0.39, 0.29) is 0 Å². The van der Waals surface area contributed by atoms with E-state index in [2.05, 4.69) is 28.1 Å². The molecule has 1 nitrogen and oxygen atoms in total. The van der Waals surface area contributed by atoms with E-state index in [1.54, 1.807) is 11.3 Å². The molecule has 1 aromatic carbocycles. The maximum Gasteiger partial charge on any atom is 0.115 e. The van der Waals surface area contributed by atoms with Crippen molar-refractivity contribution in [2.45, 2.75) is 20.0 Å². The van der Waals surface area contributed by atoms with E-state index < -0.39 is 6.10 Å². The molecule has 0 spiro atoms. The molecule has 0 amide bonds. The Morgan fingerprint density at radius 3 is 2.62 bits per heavy atom. The van der Waals surface area contributed by atoms with Gasteiger partial charge in [0, 0.05) is 4.47 Å². The van der Waals surface area contributed by atoms with Crippen molar-refractivity contribution >= 4 is 27.3 Å². The second-order valence-corrected chi connectivity index (χ2v) is 5.70. The number of benzene rings is 1. The van der Waals surface area contributed by atoms with Crippen LogP contribution in [0.4, 0.5) is 0 Å². The summed E-state index contributed by atoms with van der Waals surface area (Å²) in [5.41, 5.74) is 3.29. The number of aliphatic hydroxyl groups is 1. The van der Waals surface area contributed by atoms with Gasteiger partial charge in [-0.25, -0.2) is 0 Å². The monoisotopic (exact) mass is 296 g/mol. The zero-order valence-electron chi connectivity index (χ0n) is 9.20. The van der Waals surface area contributed by atoms with Crippen LogP contribution in [0.25, 0.3) is 0 Å². The first kappa shape index (κ1) is 11.8. The number of aliphatic hydroxyl groups excluding tert-OH is 1. The fourth-order valence-corrected chi connectivity index (χ4v) is 3.29. The van der Waals surface area contributed by atoms with E-state index in [1.165, 1.54) is 5.56 Å². The van der Waals surface area contributed by atoms with Gasteiger partial charge in [0.2, 0.25) is 0 Å². The molecule has 0 radical (unpaired) electrons. The molecule has 0 saturated carbocycles. The maximum absolute atomic E-state index is 10.3. The van der Waals surface area contributed by atoms with Crippen LogP contribution in [0.3, 0.4) is 0 Å². The first-order valence-electron chi connectivity index (χ1n) is 5.07. The summed E-state index contributed by atoms with van der Waals surface area (Å²) in [6, 6.07) is 8.13. The minimum absolute atomic E-state index is 0.533. The van der Waals surface area contributed by atoms with Crippen molar-refractivity contribution in [3.63, 3.8) is 0 Å². The van der Waals surface area contributed by atoms with Crippen LogP contribution < -0.4 is 0 Å². The van der Waals surface area contributed by atoms with Crippen molar-refractivity contribution in [1.29, 1.82) is 0 Å². The van der Waals surface area contributed by atoms with Crippen LogP contribution in [-0.2, 0) is 0 Å². The second kappa shape index (κ2) is 4.70. The number of halogens is 1. The molecular weight excluding hydrogens is 284 g/mol. The van der Waals surface area contributed by atoms with Gasteiger partial charge in [-0.3, -0.25) is 0 Å². The first-order chi connectivity index (χ1) is 7.59. The molecule has 1 heterocycles. The number of hydrogen-bond donors (Lipinski definition) is 1. The van der Waals surface area contributed by atoms with E-state index >= 15 is 0 Å². The van der Waals surface area contributed by atoms with E-state index in [0.717, 1.165) is 20.5 Å². The lowest BCUT2D eigenvalue weighted by Gasteiger charge is -2.13. The average molecular weight is 297 g/mol. The van der Waals surface area contributed by atoms with Crippen molar-refractivity contribution in [2.75, 3.05) is 0 Å². The summed E-state index contributed by atoms with van der Waals surface area (Å²) in [6.07, 6.45) is -0.533. The Hall–Kier alpha value is -0.640. The highest BCUT2D eigenvalue weighted by Gasteiger charge is 2.16. The van der Waals surface area contributed by atoms with Crippen LogP contribution >= 0.6 is 27.3 Å². The van der Waals surface area contributed by atoms with Gasteiger partial charge in [0.1, 0.15) is 6.10 Å². The smallest absolute Gasteiger partial charge is 0.115 e. The van der Waals surface area contributed by atoms with Crippen LogP contribution in [0.15, 0.2) is 34.1 Å². The van der Waals surface area contributed by atoms with E-state index in [1.807, 2.05) is 31.4 Å². The summed E-state index contributed by atoms with van der Waals surface area (Å²) in [6.45, 7) is 4.07. The van der Waals surface area contributed by atoms with Crippen LogP contribution in [0, 0.1) is 13.8 Å². The van der Waals surface area contributed by atoms with Crippen molar-refractivity contribution in [1.82, 2.24) is 0 Å². The first-order valence-corrected chi connectivity index (χ1v) is 6.75. The van der Waals surface area contributed by atoms with Crippen molar-refractivity contribution < 1.29 is 5.11 Å². The molecular formula is C13H13BrOS. The summed E-state index contributed by atoms with van der Waals surface area (Å²) in [7, 11) is 0. The Bertz CT molecular complexity index is 504. The summed E-state index contributed by atoms with van der Waals surface area (Å²) in [4.78, 5) is 0.966. The number of aryl methyl sites for hydroxylation is 2. The minimum atomic E-state index is -0.533. The molecule has 1 atom stereocenters. The standard InChI is InChI=1S/C13H13BrOS/c1-8-3-4-9(2)10(7-8)12(15)13-11(14)5-6-16-13/h3-7,12,15H,1-2H3. The lowest BCUT2D eigenvalue weighted by molar-refractivity contribution is 0.222. The van der Waals surface area contributed by atoms with Crippen LogP contribution in [0.1, 0.15) is 27.7 Å². The summed E-state index contributed by atoms with van der Waals surface area (Å²) in [5, 5.41) is 12.3. The molecule has 16 heavy (non-hydrogen) atoms. The number of hydrogen-bond acceptors (Lipinski definition) is 2. The Morgan fingerprint density at radius 2 is 2.00 bits per heavy atom. The molecule has 84 valence electrons. The third-order valence-electron chi connectivity index (χ3n) is 2.62. The molecule has 0 aliphatic rings. The highest BCUT2D eigenvalue weighted by Crippen LogP contribution is 2.34. The molecule has 2 aromatic rings. The molecule has 0 aliphatic carbocycles. The predicted molar refractivity (Wildman–Crippen MR) is 72.0 cm³/mol. The molecule has 1 aromatic heterocycles. The second-order valence-electron chi connectivity index (χ2n) is 3.90. The van der Waals surface area contributed by atoms with E-state index in [4.69, 9.17) is 0 Å². The molecule has 0 bridgehead atoms. The summed E-state index contributed by atoms with van der Waals surface area (Å²) < 4.78 is 0.978. The molecule has 0 aliphatic heterocycles. The molecule has 3 heteroatoms. The van der Waals surface area contributed by atoms with Gasteiger partial charge in [0.25, 0.3) is 0 Å². The Morgan fingerprint density at radius 1 is 1.25 bits per heavy atom. The highest BCUT2D eigenvalue weighted by molar-refractivity contribution is 9.10. The predicted octanol–water partition coefficient (Wildman–Crippen LogP) is 4.21. The summed E-state index contributed by atoms with van der Waals surface area (Å²) >= 11 is 5.03. The fourth-order valence-electron chi connectivity index (χ4n) is 1.70. The van der Waals surface area contributed by atoms with E-state index in [9.17, 15) is 5.11 Å². The van der Waals surface area contributed by atoms with Crippen LogP contribution in [-0.4, -0.2) is 5.11 Å². The van der Waals surface area contributed by atoms with Gasteiger partial charge in [-0.15, -0.1) is 11.3 Å². The van der Waals surface area contributed by atoms with Gasteiger partial charge in [0.05, 0.1) is 4.88 Å². The van der Waals surface area contributed by atoms with Crippen molar-refractivity contribution in [3.05, 3.63) is 55.7 Å². The normalized spacial score (nSPS) is 12.8. The summed E-state index contributed by atoms with van der Waals surface area (Å²) in [5.74, 6) is 0. The van der Waals surface area contributed by atoms with Crippen LogP contribution in [0.2, 0.25) is 0 Å². The average Bonchev–Trinajstić information content (AvgIpc) is 2.67. The molecule has 0 fully saturated rings. The minimum Gasteiger partial charge on any atom is -0.383 e. The topological polar surface area (TPSA) is 20.2 Å². The Balaban J connectivity index is 2.45. The fraction of sp³-hybridized carbons (Fsp3) is 0.231. The molecule has 1 unspecified atom stereocenters. The third-order valence-corrected chi connectivity index (χ3v) is 4.55. The van der Waals surface area contributed by atoms with Gasteiger partial charge in [-0.05, 0) is 52.4 Å². The van der Waals surface area contributed by atoms with Gasteiger partial charge >= 0.3 is 0 Å². The van der Waals surface area contributed by atoms with Crippen molar-refractivity contribution in [3.8, 4) is 0 Å². The lowest BCUT2D eigenvalue weighted by atomic mass is 10.00. The molecule has 0 saturated heterocycles. The quantitative estimate of drug-likeness (QED) is 0.880. The lowest BCUT2D eigenvalue weighted by Crippen LogP contribution is -2.01. The highest BCUT2D eigenvalue weighted by atomic mass is 79.9. The van der Waals surface area contributed by atoms with Crippen LogP contribution in [0.5, 0.6) is 0 Å². The molecule has 2 rings (SSSR count). The van der Waals surface area contributed by atoms with Gasteiger partial charge in [-0.1, -0.05) is 23.8 Å². The number of rotatable bonds is 2. The van der Waals surface area contributed by atoms with E-state index in [0.29, 0.717) is 0 Å². The van der Waals surface area contributed by atoms with Gasteiger partial charge in [-0.2, -0.15) is 0 Å². The van der Waals surface area contributed by atoms with Gasteiger partial charge < -0.3 is 5.11 Å². The zero-order valence-corrected chi connectivity index (χ0v) is 11.6. The van der Waals surface area contributed by atoms with Gasteiger partial charge in [0.15, 0.2) is 0 Å². The largest absolute Gasteiger partial charge is 0.383 e. The van der Waals surface area contributed by atoms with Crippen molar-refractivity contribution in [2.24, 2.45) is 0 Å². The number of thiophene rings is 1. The SMILES string of the molecule is Cc1ccc(C)c(C(O)c2sccc2Br)c1. The maximum atomic E-state index is 10.3.